The number of anilines is 1. The first-order valence-corrected chi connectivity index (χ1v) is 14.8. The number of hydrogen-bond acceptors (Lipinski definition) is 9. The van der Waals surface area contributed by atoms with Crippen LogP contribution in [-0.4, -0.2) is 67.2 Å². The third-order valence-electron chi connectivity index (χ3n) is 5.95. The molecule has 3 atom stereocenters. The van der Waals surface area contributed by atoms with E-state index in [4.69, 9.17) is 15.2 Å². The molecule has 13 nitrogen and oxygen atoms in total. The summed E-state index contributed by atoms with van der Waals surface area (Å²) in [5, 5.41) is 15.3. The Labute approximate surface area is 223 Å². The number of aromatic nitrogens is 4. The second kappa shape index (κ2) is 14.0. The highest BCUT2D eigenvalue weighted by atomic mass is 31.2. The summed E-state index contributed by atoms with van der Waals surface area (Å²) in [5.41, 5.74) is 5.56. The van der Waals surface area contributed by atoms with Crippen LogP contribution in [0.4, 0.5) is 5.82 Å². The van der Waals surface area contributed by atoms with Crippen molar-refractivity contribution in [3.8, 4) is 0 Å². The summed E-state index contributed by atoms with van der Waals surface area (Å²) in [6.45, 7) is 11.3. The van der Waals surface area contributed by atoms with Crippen molar-refractivity contribution in [2.45, 2.75) is 91.5 Å². The van der Waals surface area contributed by atoms with Crippen LogP contribution in [0.2, 0.25) is 0 Å². The number of esters is 1. The molecule has 0 saturated heterocycles. The number of nitrogen functional groups attached to an aromatic ring is 1. The fourth-order valence-electron chi connectivity index (χ4n) is 3.78. The number of aliphatic carboxylic acids is 1. The first kappa shape index (κ1) is 31.6. The van der Waals surface area contributed by atoms with Gasteiger partial charge in [0.2, 0.25) is 7.44 Å². The van der Waals surface area contributed by atoms with Crippen LogP contribution in [0.15, 0.2) is 12.7 Å². The van der Waals surface area contributed by atoms with Crippen LogP contribution >= 0.6 is 7.44 Å². The second-order valence-electron chi connectivity index (χ2n) is 10.3. The van der Waals surface area contributed by atoms with Gasteiger partial charge in [0.15, 0.2) is 11.5 Å². The lowest BCUT2D eigenvalue weighted by atomic mass is 10.0. The van der Waals surface area contributed by atoms with Crippen molar-refractivity contribution in [3.05, 3.63) is 12.7 Å². The fourth-order valence-corrected chi connectivity index (χ4v) is 6.36. The van der Waals surface area contributed by atoms with E-state index in [1.807, 2.05) is 13.8 Å². The van der Waals surface area contributed by atoms with E-state index in [2.05, 4.69) is 32.1 Å². The van der Waals surface area contributed by atoms with Crippen molar-refractivity contribution in [2.75, 3.05) is 18.7 Å². The van der Waals surface area contributed by atoms with Gasteiger partial charge in [-0.3, -0.25) is 14.2 Å². The van der Waals surface area contributed by atoms with E-state index in [1.54, 1.807) is 31.7 Å². The van der Waals surface area contributed by atoms with Crippen molar-refractivity contribution >= 4 is 36.4 Å². The average Bonchev–Trinajstić information content (AvgIpc) is 3.23. The van der Waals surface area contributed by atoms with Gasteiger partial charge in [0.1, 0.15) is 23.7 Å². The summed E-state index contributed by atoms with van der Waals surface area (Å²) < 4.78 is 27.3. The van der Waals surface area contributed by atoms with E-state index < -0.39 is 37.1 Å². The highest BCUT2D eigenvalue weighted by molar-refractivity contribution is 7.59. The van der Waals surface area contributed by atoms with Crippen LogP contribution < -0.4 is 15.9 Å². The number of nitrogens with two attached hydrogens (primary N) is 1. The van der Waals surface area contributed by atoms with Gasteiger partial charge in [-0.2, -0.15) is 0 Å². The molecule has 0 unspecified atom stereocenters. The quantitative estimate of drug-likeness (QED) is 0.127. The second-order valence-corrected chi connectivity index (χ2v) is 12.6. The smallest absolute Gasteiger partial charge is 0.326 e. The van der Waals surface area contributed by atoms with E-state index in [-0.39, 0.29) is 31.1 Å². The fraction of sp³-hybridized carbons (Fsp3) is 0.708. The number of fused-ring (bicyclic) bond motifs is 1. The van der Waals surface area contributed by atoms with Gasteiger partial charge >= 0.3 is 11.9 Å². The molecule has 0 aliphatic rings. The molecular formula is C24H42N7O6P. The molecule has 2 rings (SSSR count). The van der Waals surface area contributed by atoms with Crippen LogP contribution in [0.5, 0.6) is 0 Å². The SMILES string of the molecule is CCCCCOC(=O)C(C)(C)N[P@@](=O)(CO[C@H](C)Cn1cnc2c(N)ncnc21)N[C@@H](CC(=O)O)C(C)C. The number of rotatable bonds is 17. The first-order valence-electron chi connectivity index (χ1n) is 12.9. The molecule has 2 heterocycles. The molecule has 0 aliphatic heterocycles. The zero-order chi connectivity index (χ0) is 28.5. The van der Waals surface area contributed by atoms with Crippen molar-refractivity contribution < 1.29 is 28.7 Å². The van der Waals surface area contributed by atoms with Gasteiger partial charge in [0, 0.05) is 6.04 Å². The first-order chi connectivity index (χ1) is 17.8. The molecule has 0 bridgehead atoms. The molecule has 0 amide bonds. The van der Waals surface area contributed by atoms with Gasteiger partial charge < -0.3 is 24.9 Å². The Morgan fingerprint density at radius 2 is 1.92 bits per heavy atom. The third-order valence-corrected chi connectivity index (χ3v) is 8.13. The van der Waals surface area contributed by atoms with E-state index in [9.17, 15) is 19.3 Å². The Balaban J connectivity index is 2.18. The lowest BCUT2D eigenvalue weighted by molar-refractivity contribution is -0.149. The molecule has 2 aromatic rings. The van der Waals surface area contributed by atoms with Gasteiger partial charge in [-0.25, -0.2) is 25.1 Å². The summed E-state index contributed by atoms with van der Waals surface area (Å²) >= 11 is 0. The predicted octanol–water partition coefficient (Wildman–Crippen LogP) is 3.15. The maximum absolute atomic E-state index is 14.2. The Hall–Kier alpha value is -2.60. The summed E-state index contributed by atoms with van der Waals surface area (Å²) in [4.78, 5) is 36.7. The van der Waals surface area contributed by atoms with Crippen LogP contribution in [0.25, 0.3) is 11.2 Å². The van der Waals surface area contributed by atoms with Crippen molar-refractivity contribution in [1.82, 2.24) is 29.7 Å². The minimum absolute atomic E-state index is 0.148. The minimum atomic E-state index is -3.66. The number of unbranched alkanes of at least 4 members (excludes halogenated alkanes) is 2. The van der Waals surface area contributed by atoms with Crippen molar-refractivity contribution in [3.63, 3.8) is 0 Å². The molecule has 0 fully saturated rings. The third kappa shape index (κ3) is 9.30. The molecule has 214 valence electrons. The highest BCUT2D eigenvalue weighted by Gasteiger charge is 2.39. The van der Waals surface area contributed by atoms with E-state index in [1.165, 1.54) is 6.33 Å². The molecule has 0 saturated carbocycles. The van der Waals surface area contributed by atoms with E-state index in [0.717, 1.165) is 19.3 Å². The normalized spacial score (nSPS) is 15.3. The molecule has 14 heteroatoms. The molecule has 0 aliphatic carbocycles. The summed E-state index contributed by atoms with van der Waals surface area (Å²) in [7, 11) is -3.66. The molecule has 38 heavy (non-hydrogen) atoms. The summed E-state index contributed by atoms with van der Waals surface area (Å²) in [6, 6.07) is -0.626. The Morgan fingerprint density at radius 1 is 1.21 bits per heavy atom. The number of carboxylic acid groups (broad SMARTS) is 1. The number of ether oxygens (including phenoxy) is 2. The van der Waals surface area contributed by atoms with Crippen LogP contribution in [0.3, 0.4) is 0 Å². The average molecular weight is 556 g/mol. The predicted molar refractivity (Wildman–Crippen MR) is 144 cm³/mol. The van der Waals surface area contributed by atoms with Gasteiger partial charge in [0.25, 0.3) is 0 Å². The van der Waals surface area contributed by atoms with Crippen LogP contribution in [-0.2, 0) is 30.2 Å². The van der Waals surface area contributed by atoms with E-state index >= 15 is 0 Å². The standard InChI is InChI=1S/C24H42N7O6P/c1-7-8-9-10-36-23(34)24(5,6)30-38(35,29-18(16(2)3)11-19(32)33)15-37-17(4)12-31-14-28-20-21(25)26-13-27-22(20)31/h13-14,16-18H,7-12,15H2,1-6H3,(H,32,33)(H2,25,26,27)(H2,29,30,35)/t17-,18+,38-/m1/s1. The molecule has 2 aromatic heterocycles. The molecule has 0 radical (unpaired) electrons. The lowest BCUT2D eigenvalue weighted by Gasteiger charge is -2.34. The number of hydrogen-bond donors (Lipinski definition) is 4. The highest BCUT2D eigenvalue weighted by Crippen LogP contribution is 2.41. The Morgan fingerprint density at radius 3 is 2.55 bits per heavy atom. The van der Waals surface area contributed by atoms with E-state index in [0.29, 0.717) is 17.7 Å². The zero-order valence-corrected chi connectivity index (χ0v) is 24.0. The molecule has 5 N–H and O–H groups in total. The molecular weight excluding hydrogens is 513 g/mol. The zero-order valence-electron chi connectivity index (χ0n) is 23.1. The number of carbonyl (C=O) groups is 2. The van der Waals surface area contributed by atoms with Crippen molar-refractivity contribution in [1.29, 1.82) is 0 Å². The molecule has 0 spiro atoms. The van der Waals surface area contributed by atoms with Crippen LogP contribution in [0.1, 0.15) is 67.2 Å². The number of nitrogens with zero attached hydrogens (tertiary/aromatic N) is 4. The summed E-state index contributed by atoms with van der Waals surface area (Å²) in [5.74, 6) is -1.46. The number of carboxylic acids is 1. The summed E-state index contributed by atoms with van der Waals surface area (Å²) in [6.07, 6.45) is 4.60. The monoisotopic (exact) mass is 555 g/mol. The van der Waals surface area contributed by atoms with Gasteiger partial charge in [-0.05, 0) is 33.1 Å². The number of nitrogens with one attached hydrogen (secondary N) is 2. The Bertz CT molecular complexity index is 1120. The van der Waals surface area contributed by atoms with Crippen molar-refractivity contribution in [2.24, 2.45) is 5.92 Å². The topological polar surface area (TPSA) is 184 Å². The number of carbonyl (C=O) groups excluding carboxylic acids is 1. The lowest BCUT2D eigenvalue weighted by Crippen LogP contribution is -2.50. The van der Waals surface area contributed by atoms with Gasteiger partial charge in [0.05, 0.1) is 32.0 Å². The maximum Gasteiger partial charge on any atom is 0.326 e. The largest absolute Gasteiger partial charge is 0.481 e. The Kier molecular flexibility index (Phi) is 11.6. The molecule has 0 aromatic carbocycles. The maximum atomic E-state index is 14.2. The minimum Gasteiger partial charge on any atom is -0.481 e. The van der Waals surface area contributed by atoms with Gasteiger partial charge in [-0.15, -0.1) is 0 Å². The van der Waals surface area contributed by atoms with Crippen LogP contribution in [0, 0.1) is 5.92 Å². The van der Waals surface area contributed by atoms with Gasteiger partial charge in [-0.1, -0.05) is 33.6 Å². The number of imidazole rings is 1.